The lowest BCUT2D eigenvalue weighted by Gasteiger charge is -2.33. The average molecular weight is 185 g/mol. The first kappa shape index (κ1) is 10.7. The molecule has 0 bridgehead atoms. The van der Waals surface area contributed by atoms with Crippen LogP contribution < -0.4 is 0 Å². The molecular formula is C10H19NO2. The van der Waals surface area contributed by atoms with Crippen LogP contribution in [0.1, 0.15) is 20.8 Å². The summed E-state index contributed by atoms with van der Waals surface area (Å²) in [6, 6.07) is 0. The van der Waals surface area contributed by atoms with Gasteiger partial charge in [-0.05, 0) is 6.92 Å². The Morgan fingerprint density at radius 3 is 2.38 bits per heavy atom. The van der Waals surface area contributed by atoms with E-state index < -0.39 is 0 Å². The van der Waals surface area contributed by atoms with Crippen LogP contribution in [-0.2, 0) is 9.53 Å². The molecule has 0 aromatic rings. The molecule has 1 rings (SSSR count). The number of carbonyl (C=O) groups is 1. The van der Waals surface area contributed by atoms with Gasteiger partial charge < -0.3 is 4.74 Å². The van der Waals surface area contributed by atoms with Crippen LogP contribution in [0.25, 0.3) is 0 Å². The van der Waals surface area contributed by atoms with Gasteiger partial charge in [0.2, 0.25) is 0 Å². The Bertz CT molecular complexity index is 183. The van der Waals surface area contributed by atoms with E-state index in [0.717, 1.165) is 32.8 Å². The fourth-order valence-electron chi connectivity index (χ4n) is 1.43. The van der Waals surface area contributed by atoms with Crippen molar-refractivity contribution in [1.82, 2.24) is 4.90 Å². The van der Waals surface area contributed by atoms with Crippen molar-refractivity contribution in [3.05, 3.63) is 0 Å². The molecule has 0 aromatic carbocycles. The standard InChI is InChI=1S/C10H19NO2/c1-9(12)10(2,3)8-11-4-6-13-7-5-11/h4-8H2,1-3H3. The Hall–Kier alpha value is -0.410. The SMILES string of the molecule is CC(=O)C(C)(C)CN1CCOCC1. The Labute approximate surface area is 80.1 Å². The number of hydrogen-bond acceptors (Lipinski definition) is 3. The number of ether oxygens (including phenoxy) is 1. The van der Waals surface area contributed by atoms with E-state index in [1.165, 1.54) is 0 Å². The van der Waals surface area contributed by atoms with Gasteiger partial charge in [0, 0.05) is 25.0 Å². The summed E-state index contributed by atoms with van der Waals surface area (Å²) in [5.74, 6) is 0.263. The van der Waals surface area contributed by atoms with Crippen LogP contribution >= 0.6 is 0 Å². The zero-order valence-electron chi connectivity index (χ0n) is 8.80. The molecular weight excluding hydrogens is 166 g/mol. The average Bonchev–Trinajstić information content (AvgIpc) is 2.05. The second-order valence-corrected chi connectivity index (χ2v) is 4.33. The van der Waals surface area contributed by atoms with Crippen molar-refractivity contribution in [3.8, 4) is 0 Å². The molecule has 1 heterocycles. The topological polar surface area (TPSA) is 29.5 Å². The molecule has 1 aliphatic heterocycles. The first-order chi connectivity index (χ1) is 6.02. The van der Waals surface area contributed by atoms with E-state index >= 15 is 0 Å². The summed E-state index contributed by atoms with van der Waals surface area (Å²) in [6.45, 7) is 10.0. The maximum absolute atomic E-state index is 11.3. The highest BCUT2D eigenvalue weighted by Crippen LogP contribution is 2.18. The molecule has 3 nitrogen and oxygen atoms in total. The monoisotopic (exact) mass is 185 g/mol. The van der Waals surface area contributed by atoms with E-state index in [9.17, 15) is 4.79 Å². The lowest BCUT2D eigenvalue weighted by Crippen LogP contribution is -2.44. The van der Waals surface area contributed by atoms with Crippen molar-refractivity contribution < 1.29 is 9.53 Å². The van der Waals surface area contributed by atoms with Crippen molar-refractivity contribution in [2.24, 2.45) is 5.41 Å². The van der Waals surface area contributed by atoms with E-state index in [1.807, 2.05) is 13.8 Å². The lowest BCUT2D eigenvalue weighted by atomic mass is 9.88. The van der Waals surface area contributed by atoms with E-state index in [4.69, 9.17) is 4.74 Å². The molecule has 3 heteroatoms. The molecule has 0 spiro atoms. The van der Waals surface area contributed by atoms with Gasteiger partial charge in [0.15, 0.2) is 0 Å². The number of Topliss-reactive ketones (excluding diaryl/α,β-unsaturated/α-hetero) is 1. The van der Waals surface area contributed by atoms with Gasteiger partial charge in [-0.15, -0.1) is 0 Å². The molecule has 0 unspecified atom stereocenters. The Balaban J connectivity index is 2.41. The first-order valence-electron chi connectivity index (χ1n) is 4.83. The van der Waals surface area contributed by atoms with Crippen molar-refractivity contribution in [3.63, 3.8) is 0 Å². The quantitative estimate of drug-likeness (QED) is 0.655. The third-order valence-electron chi connectivity index (χ3n) is 2.68. The zero-order valence-corrected chi connectivity index (χ0v) is 8.80. The molecule has 13 heavy (non-hydrogen) atoms. The van der Waals surface area contributed by atoms with Gasteiger partial charge in [-0.3, -0.25) is 9.69 Å². The number of hydrogen-bond donors (Lipinski definition) is 0. The van der Waals surface area contributed by atoms with E-state index in [1.54, 1.807) is 6.92 Å². The summed E-state index contributed by atoms with van der Waals surface area (Å²) in [7, 11) is 0. The van der Waals surface area contributed by atoms with Gasteiger partial charge >= 0.3 is 0 Å². The van der Waals surface area contributed by atoms with Crippen LogP contribution in [0, 0.1) is 5.41 Å². The second-order valence-electron chi connectivity index (χ2n) is 4.33. The Morgan fingerprint density at radius 2 is 1.92 bits per heavy atom. The third-order valence-corrected chi connectivity index (χ3v) is 2.68. The minimum Gasteiger partial charge on any atom is -0.379 e. The summed E-state index contributed by atoms with van der Waals surface area (Å²) in [6.07, 6.45) is 0. The van der Waals surface area contributed by atoms with E-state index in [0.29, 0.717) is 0 Å². The van der Waals surface area contributed by atoms with Gasteiger partial charge in [0.25, 0.3) is 0 Å². The predicted molar refractivity (Wildman–Crippen MR) is 51.7 cm³/mol. The second kappa shape index (κ2) is 4.20. The van der Waals surface area contributed by atoms with E-state index in [-0.39, 0.29) is 11.2 Å². The molecule has 1 aliphatic rings. The van der Waals surface area contributed by atoms with Crippen molar-refractivity contribution >= 4 is 5.78 Å². The summed E-state index contributed by atoms with van der Waals surface area (Å²) >= 11 is 0. The van der Waals surface area contributed by atoms with Crippen LogP contribution in [0.5, 0.6) is 0 Å². The lowest BCUT2D eigenvalue weighted by molar-refractivity contribution is -0.126. The molecule has 0 aromatic heterocycles. The Morgan fingerprint density at radius 1 is 1.38 bits per heavy atom. The fourth-order valence-corrected chi connectivity index (χ4v) is 1.43. The minimum absolute atomic E-state index is 0.211. The van der Waals surface area contributed by atoms with Gasteiger partial charge in [-0.25, -0.2) is 0 Å². The number of nitrogens with zero attached hydrogens (tertiary/aromatic N) is 1. The minimum atomic E-state index is -0.211. The molecule has 0 aliphatic carbocycles. The first-order valence-corrected chi connectivity index (χ1v) is 4.83. The number of morpholine rings is 1. The highest BCUT2D eigenvalue weighted by atomic mass is 16.5. The Kier molecular flexibility index (Phi) is 3.45. The molecule has 0 atom stereocenters. The molecule has 1 saturated heterocycles. The highest BCUT2D eigenvalue weighted by Gasteiger charge is 2.27. The van der Waals surface area contributed by atoms with Crippen LogP contribution in [0.3, 0.4) is 0 Å². The van der Waals surface area contributed by atoms with Crippen LogP contribution in [0.2, 0.25) is 0 Å². The normalized spacial score (nSPS) is 20.2. The summed E-state index contributed by atoms with van der Waals surface area (Å²) in [5.41, 5.74) is -0.211. The molecule has 0 radical (unpaired) electrons. The highest BCUT2D eigenvalue weighted by molar-refractivity contribution is 5.81. The molecule has 0 N–H and O–H groups in total. The molecule has 1 fully saturated rings. The maximum Gasteiger partial charge on any atom is 0.136 e. The van der Waals surface area contributed by atoms with Gasteiger partial charge in [0.05, 0.1) is 13.2 Å². The molecule has 76 valence electrons. The fraction of sp³-hybridized carbons (Fsp3) is 0.900. The molecule has 0 amide bonds. The van der Waals surface area contributed by atoms with Crippen LogP contribution in [-0.4, -0.2) is 43.5 Å². The number of rotatable bonds is 3. The van der Waals surface area contributed by atoms with Gasteiger partial charge in [-0.2, -0.15) is 0 Å². The smallest absolute Gasteiger partial charge is 0.136 e. The van der Waals surface area contributed by atoms with Crippen molar-refractivity contribution in [2.75, 3.05) is 32.8 Å². The maximum atomic E-state index is 11.3. The van der Waals surface area contributed by atoms with Gasteiger partial charge in [0.1, 0.15) is 5.78 Å². The summed E-state index contributed by atoms with van der Waals surface area (Å²) in [4.78, 5) is 13.6. The van der Waals surface area contributed by atoms with Crippen LogP contribution in [0.15, 0.2) is 0 Å². The van der Waals surface area contributed by atoms with Gasteiger partial charge in [-0.1, -0.05) is 13.8 Å². The third kappa shape index (κ3) is 3.08. The summed E-state index contributed by atoms with van der Waals surface area (Å²) < 4.78 is 5.25. The largest absolute Gasteiger partial charge is 0.379 e. The predicted octanol–water partition coefficient (Wildman–Crippen LogP) is 0.934. The number of carbonyl (C=O) groups excluding carboxylic acids is 1. The van der Waals surface area contributed by atoms with E-state index in [2.05, 4.69) is 4.90 Å². The van der Waals surface area contributed by atoms with Crippen molar-refractivity contribution in [1.29, 1.82) is 0 Å². The van der Waals surface area contributed by atoms with Crippen molar-refractivity contribution in [2.45, 2.75) is 20.8 Å². The zero-order chi connectivity index (χ0) is 9.90. The summed E-state index contributed by atoms with van der Waals surface area (Å²) in [5, 5.41) is 0. The number of ketones is 1. The molecule has 0 saturated carbocycles. The van der Waals surface area contributed by atoms with Crippen LogP contribution in [0.4, 0.5) is 0 Å².